The second-order valence-corrected chi connectivity index (χ2v) is 9.20. The van der Waals surface area contributed by atoms with Crippen LogP contribution in [-0.2, 0) is 4.74 Å². The van der Waals surface area contributed by atoms with E-state index in [1.807, 2.05) is 69.4 Å². The van der Waals surface area contributed by atoms with Gasteiger partial charge in [0.15, 0.2) is 5.65 Å². The van der Waals surface area contributed by atoms with Crippen LogP contribution in [-0.4, -0.2) is 42.7 Å². The molecule has 0 saturated heterocycles. The molecule has 0 unspecified atom stereocenters. The maximum Gasteiger partial charge on any atom is 0.289 e. The fourth-order valence-corrected chi connectivity index (χ4v) is 3.95. The van der Waals surface area contributed by atoms with Gasteiger partial charge in [0, 0.05) is 35.1 Å². The Labute approximate surface area is 207 Å². The first-order valence-electron chi connectivity index (χ1n) is 11.5. The number of nitrogens with one attached hydrogen (secondary N) is 2. The van der Waals surface area contributed by atoms with Crippen molar-refractivity contribution in [2.75, 3.05) is 17.2 Å². The number of aryl methyl sites for hydroxylation is 1. The van der Waals surface area contributed by atoms with E-state index in [9.17, 15) is 0 Å². The van der Waals surface area contributed by atoms with Crippen LogP contribution in [0.4, 0.5) is 17.2 Å². The zero-order chi connectivity index (χ0) is 24.7. The van der Waals surface area contributed by atoms with E-state index in [1.165, 1.54) is 0 Å². The Balaban J connectivity index is 1.23. The van der Waals surface area contributed by atoms with Crippen molar-refractivity contribution in [1.82, 2.24) is 24.6 Å². The molecule has 0 radical (unpaired) electrons. The summed E-state index contributed by atoms with van der Waals surface area (Å²) < 4.78 is 13.4. The van der Waals surface area contributed by atoms with Crippen molar-refractivity contribution in [3.8, 4) is 11.6 Å². The van der Waals surface area contributed by atoms with E-state index in [0.29, 0.717) is 24.3 Å². The summed E-state index contributed by atoms with van der Waals surface area (Å²) in [4.78, 5) is 17.9. The number of hydrogen-bond acceptors (Lipinski definition) is 9. The molecule has 5 aromatic rings. The highest BCUT2D eigenvalue weighted by molar-refractivity contribution is 5.97. The van der Waals surface area contributed by atoms with Crippen molar-refractivity contribution >= 4 is 39.8 Å². The molecule has 180 valence electrons. The number of aliphatic imine (C=N–C) groups is 1. The number of ether oxygens (including phenoxy) is 2. The van der Waals surface area contributed by atoms with Crippen LogP contribution >= 0.6 is 0 Å². The van der Waals surface area contributed by atoms with Gasteiger partial charge in [-0.1, -0.05) is 0 Å². The molecule has 0 spiro atoms. The molecule has 4 heterocycles. The Kier molecular flexibility index (Phi) is 5.14. The van der Waals surface area contributed by atoms with Crippen molar-refractivity contribution in [2.45, 2.75) is 26.3 Å². The third kappa shape index (κ3) is 4.36. The maximum atomic E-state index is 6.02. The maximum absolute atomic E-state index is 6.02. The molecule has 0 fully saturated rings. The highest BCUT2D eigenvalue weighted by Gasteiger charge is 2.26. The molecule has 0 saturated carbocycles. The summed E-state index contributed by atoms with van der Waals surface area (Å²) in [6, 6.07) is 15.9. The molecular weight excluding hydrogens is 456 g/mol. The van der Waals surface area contributed by atoms with Gasteiger partial charge in [-0.15, -0.1) is 0 Å². The highest BCUT2D eigenvalue weighted by Crippen LogP contribution is 2.30. The first-order valence-corrected chi connectivity index (χ1v) is 11.5. The molecule has 10 heteroatoms. The minimum absolute atomic E-state index is 0.231. The standard InChI is InChI=1S/C26H24N8O2/c1-16-12-17(5-7-21(16)36-23-9-11-34-22(32-23)8-10-29-34)30-24-19-13-18(4-6-20(19)27-15-28-24)31-25-33-26(2,3)14-35-25/h4-13,15H,14H2,1-3H3,(H,31,33)(H,27,28,30). The third-order valence-corrected chi connectivity index (χ3v) is 5.74. The monoisotopic (exact) mass is 480 g/mol. The molecule has 0 aliphatic carbocycles. The number of anilines is 3. The van der Waals surface area contributed by atoms with Gasteiger partial charge in [0.05, 0.1) is 17.3 Å². The lowest BCUT2D eigenvalue weighted by molar-refractivity contribution is 0.278. The first-order chi connectivity index (χ1) is 17.4. The van der Waals surface area contributed by atoms with Crippen molar-refractivity contribution < 1.29 is 9.47 Å². The summed E-state index contributed by atoms with van der Waals surface area (Å²) in [7, 11) is 0. The second kappa shape index (κ2) is 8.49. The van der Waals surface area contributed by atoms with E-state index in [1.54, 1.807) is 23.1 Å². The molecule has 10 nitrogen and oxygen atoms in total. The molecule has 2 aromatic carbocycles. The smallest absolute Gasteiger partial charge is 0.289 e. The number of rotatable bonds is 5. The number of aromatic nitrogens is 5. The van der Waals surface area contributed by atoms with E-state index in [4.69, 9.17) is 9.47 Å². The molecule has 0 amide bonds. The quantitative estimate of drug-likeness (QED) is 0.358. The minimum Gasteiger partial charge on any atom is -0.462 e. The van der Waals surface area contributed by atoms with E-state index < -0.39 is 0 Å². The summed E-state index contributed by atoms with van der Waals surface area (Å²) in [5.41, 5.74) is 4.00. The van der Waals surface area contributed by atoms with Crippen LogP contribution in [0.5, 0.6) is 11.6 Å². The van der Waals surface area contributed by atoms with Gasteiger partial charge in [0.25, 0.3) is 6.02 Å². The first kappa shape index (κ1) is 21.8. The second-order valence-electron chi connectivity index (χ2n) is 9.20. The van der Waals surface area contributed by atoms with Gasteiger partial charge in [-0.2, -0.15) is 10.1 Å². The molecule has 3 aromatic heterocycles. The van der Waals surface area contributed by atoms with Crippen molar-refractivity contribution in [3.05, 3.63) is 72.8 Å². The Morgan fingerprint density at radius 1 is 1.00 bits per heavy atom. The topological polar surface area (TPSA) is 111 Å². The number of benzene rings is 2. The van der Waals surface area contributed by atoms with Crippen LogP contribution in [0.1, 0.15) is 19.4 Å². The average molecular weight is 481 g/mol. The summed E-state index contributed by atoms with van der Waals surface area (Å²) in [5, 5.41) is 11.7. The van der Waals surface area contributed by atoms with Crippen molar-refractivity contribution in [2.24, 2.45) is 4.99 Å². The summed E-state index contributed by atoms with van der Waals surface area (Å²) >= 11 is 0. The zero-order valence-electron chi connectivity index (χ0n) is 20.1. The molecule has 6 rings (SSSR count). The van der Waals surface area contributed by atoms with Crippen LogP contribution in [0.3, 0.4) is 0 Å². The van der Waals surface area contributed by atoms with Gasteiger partial charge in [0.2, 0.25) is 5.88 Å². The van der Waals surface area contributed by atoms with Gasteiger partial charge in [0.1, 0.15) is 24.5 Å². The Hall–Kier alpha value is -4.73. The summed E-state index contributed by atoms with van der Waals surface area (Å²) in [6.45, 7) is 6.60. The predicted molar refractivity (Wildman–Crippen MR) is 138 cm³/mol. The number of hydrogen-bond donors (Lipinski definition) is 2. The molecule has 1 aliphatic rings. The Bertz CT molecular complexity index is 1630. The van der Waals surface area contributed by atoms with E-state index >= 15 is 0 Å². The van der Waals surface area contributed by atoms with E-state index in [0.717, 1.165) is 39.2 Å². The number of fused-ring (bicyclic) bond motifs is 2. The van der Waals surface area contributed by atoms with Crippen LogP contribution < -0.4 is 15.4 Å². The lowest BCUT2D eigenvalue weighted by atomic mass is 10.1. The van der Waals surface area contributed by atoms with Crippen LogP contribution in [0.15, 0.2) is 72.2 Å². The summed E-state index contributed by atoms with van der Waals surface area (Å²) in [5.74, 6) is 1.92. The highest BCUT2D eigenvalue weighted by atomic mass is 16.5. The SMILES string of the molecule is Cc1cc(Nc2ncnc3ccc(NC4=NC(C)(C)CO4)cc23)ccc1Oc1ccn2nccc2n1. The lowest BCUT2D eigenvalue weighted by Crippen LogP contribution is -2.17. The van der Waals surface area contributed by atoms with Crippen molar-refractivity contribution in [1.29, 1.82) is 0 Å². The fourth-order valence-electron chi connectivity index (χ4n) is 3.95. The molecular formula is C26H24N8O2. The van der Waals surface area contributed by atoms with Gasteiger partial charge in [-0.25, -0.2) is 19.5 Å². The normalized spacial score (nSPS) is 14.5. The average Bonchev–Trinajstić information content (AvgIpc) is 3.46. The van der Waals surface area contributed by atoms with E-state index in [2.05, 4.69) is 35.7 Å². The molecule has 0 bridgehead atoms. The van der Waals surface area contributed by atoms with Gasteiger partial charge < -0.3 is 20.1 Å². The Morgan fingerprint density at radius 2 is 1.86 bits per heavy atom. The predicted octanol–water partition coefficient (Wildman–Crippen LogP) is 5.09. The Morgan fingerprint density at radius 3 is 2.69 bits per heavy atom. The zero-order valence-corrected chi connectivity index (χ0v) is 20.1. The number of nitrogens with zero attached hydrogens (tertiary/aromatic N) is 6. The van der Waals surface area contributed by atoms with Crippen LogP contribution in [0.2, 0.25) is 0 Å². The minimum atomic E-state index is -0.231. The van der Waals surface area contributed by atoms with Crippen LogP contribution in [0.25, 0.3) is 16.6 Å². The number of amidine groups is 1. The molecule has 1 aliphatic heterocycles. The van der Waals surface area contributed by atoms with Gasteiger partial charge in [-0.3, -0.25) is 0 Å². The largest absolute Gasteiger partial charge is 0.462 e. The third-order valence-electron chi connectivity index (χ3n) is 5.74. The van der Waals surface area contributed by atoms with Gasteiger partial charge >= 0.3 is 0 Å². The lowest BCUT2D eigenvalue weighted by Gasteiger charge is -2.13. The fraction of sp³-hybridized carbons (Fsp3) is 0.192. The molecule has 0 atom stereocenters. The summed E-state index contributed by atoms with van der Waals surface area (Å²) in [6.07, 6.45) is 5.07. The van der Waals surface area contributed by atoms with Crippen molar-refractivity contribution in [3.63, 3.8) is 0 Å². The molecule has 2 N–H and O–H groups in total. The van der Waals surface area contributed by atoms with Crippen LogP contribution in [0, 0.1) is 6.92 Å². The van der Waals surface area contributed by atoms with E-state index in [-0.39, 0.29) is 5.54 Å². The van der Waals surface area contributed by atoms with Gasteiger partial charge in [-0.05, 0) is 62.7 Å². The molecule has 36 heavy (non-hydrogen) atoms.